The zero-order chi connectivity index (χ0) is 14.8. The molecule has 6 nitrogen and oxygen atoms in total. The Morgan fingerprint density at radius 3 is 2.67 bits per heavy atom. The molecule has 0 aliphatic rings. The minimum absolute atomic E-state index is 0.0492. The highest BCUT2D eigenvalue weighted by Crippen LogP contribution is 2.21. The Labute approximate surface area is 121 Å². The maximum absolute atomic E-state index is 12.3. The van der Waals surface area contributed by atoms with Crippen LogP contribution in [0, 0.1) is 0 Å². The Balaban J connectivity index is 1.84. The summed E-state index contributed by atoms with van der Waals surface area (Å²) in [5.74, 6) is 0.145. The standard InChI is InChI=1S/C15H14N4O2/c1-10(13(20)11-6-4-3-5-7-11)15-16-14(18-21-15)12-8-9-19(2)17-12/h3-10H,1-2H3. The fourth-order valence-corrected chi connectivity index (χ4v) is 2.01. The maximum Gasteiger partial charge on any atom is 0.237 e. The van der Waals surface area contributed by atoms with Gasteiger partial charge in [-0.15, -0.1) is 0 Å². The molecule has 0 fully saturated rings. The molecule has 0 radical (unpaired) electrons. The molecule has 2 aromatic heterocycles. The number of aromatic nitrogens is 4. The highest BCUT2D eigenvalue weighted by Gasteiger charge is 2.23. The lowest BCUT2D eigenvalue weighted by Crippen LogP contribution is -2.09. The van der Waals surface area contributed by atoms with Crippen LogP contribution in [0.15, 0.2) is 47.1 Å². The van der Waals surface area contributed by atoms with Gasteiger partial charge < -0.3 is 4.52 Å². The number of ketones is 1. The number of carbonyl (C=O) groups is 1. The molecular formula is C15H14N4O2. The lowest BCUT2D eigenvalue weighted by molar-refractivity contribution is 0.0951. The molecule has 0 amide bonds. The number of aryl methyl sites for hydroxylation is 1. The summed E-state index contributed by atoms with van der Waals surface area (Å²) in [6.07, 6.45) is 1.80. The zero-order valence-corrected chi connectivity index (χ0v) is 11.7. The van der Waals surface area contributed by atoms with E-state index in [1.807, 2.05) is 25.2 Å². The molecule has 0 aliphatic heterocycles. The first kappa shape index (κ1) is 13.2. The van der Waals surface area contributed by atoms with Crippen LogP contribution in [0.3, 0.4) is 0 Å². The van der Waals surface area contributed by atoms with Crippen LogP contribution in [-0.4, -0.2) is 25.7 Å². The Kier molecular flexibility index (Phi) is 3.35. The van der Waals surface area contributed by atoms with Crippen molar-refractivity contribution in [3.05, 3.63) is 54.0 Å². The number of nitrogens with zero attached hydrogens (tertiary/aromatic N) is 4. The number of hydrogen-bond acceptors (Lipinski definition) is 5. The number of carbonyl (C=O) groups excluding carboxylic acids is 1. The highest BCUT2D eigenvalue weighted by atomic mass is 16.5. The van der Waals surface area contributed by atoms with Crippen molar-refractivity contribution in [3.63, 3.8) is 0 Å². The monoisotopic (exact) mass is 282 g/mol. The molecule has 3 rings (SSSR count). The molecule has 0 spiro atoms. The first-order chi connectivity index (χ1) is 10.1. The molecule has 0 aliphatic carbocycles. The molecule has 1 aromatic carbocycles. The van der Waals surface area contributed by atoms with Gasteiger partial charge in [-0.2, -0.15) is 10.1 Å². The number of benzene rings is 1. The molecule has 0 bridgehead atoms. The fraction of sp³-hybridized carbons (Fsp3) is 0.200. The van der Waals surface area contributed by atoms with E-state index in [0.29, 0.717) is 23.0 Å². The smallest absolute Gasteiger partial charge is 0.237 e. The molecule has 1 unspecified atom stereocenters. The summed E-state index contributed by atoms with van der Waals surface area (Å²) in [7, 11) is 1.81. The van der Waals surface area contributed by atoms with Crippen molar-refractivity contribution >= 4 is 5.78 Å². The van der Waals surface area contributed by atoms with Gasteiger partial charge in [0, 0.05) is 18.8 Å². The molecule has 6 heteroatoms. The van der Waals surface area contributed by atoms with E-state index < -0.39 is 5.92 Å². The third-order valence-electron chi connectivity index (χ3n) is 3.21. The van der Waals surface area contributed by atoms with Crippen LogP contribution in [0.1, 0.15) is 29.1 Å². The van der Waals surface area contributed by atoms with E-state index in [1.54, 1.807) is 36.0 Å². The zero-order valence-electron chi connectivity index (χ0n) is 11.7. The minimum Gasteiger partial charge on any atom is -0.338 e. The van der Waals surface area contributed by atoms with Crippen LogP contribution in [0.5, 0.6) is 0 Å². The Bertz CT molecular complexity index is 761. The summed E-state index contributed by atoms with van der Waals surface area (Å²) < 4.78 is 6.86. The second-order valence-electron chi connectivity index (χ2n) is 4.78. The normalized spacial score (nSPS) is 12.3. The molecule has 2 heterocycles. The highest BCUT2D eigenvalue weighted by molar-refractivity contribution is 6.00. The van der Waals surface area contributed by atoms with Gasteiger partial charge in [0.15, 0.2) is 5.78 Å². The molecule has 1 atom stereocenters. The molecule has 0 saturated carbocycles. The van der Waals surface area contributed by atoms with Crippen LogP contribution < -0.4 is 0 Å². The van der Waals surface area contributed by atoms with Gasteiger partial charge in [-0.05, 0) is 13.0 Å². The molecule has 0 saturated heterocycles. The van der Waals surface area contributed by atoms with E-state index in [0.717, 1.165) is 0 Å². The molecule has 21 heavy (non-hydrogen) atoms. The summed E-state index contributed by atoms with van der Waals surface area (Å²) in [6.45, 7) is 1.76. The maximum atomic E-state index is 12.3. The molecule has 3 aromatic rings. The van der Waals surface area contributed by atoms with Crippen molar-refractivity contribution in [2.24, 2.45) is 7.05 Å². The van der Waals surface area contributed by atoms with Crippen molar-refractivity contribution in [2.45, 2.75) is 12.8 Å². The van der Waals surface area contributed by atoms with Gasteiger partial charge in [-0.3, -0.25) is 9.48 Å². The van der Waals surface area contributed by atoms with Crippen LogP contribution in [0.4, 0.5) is 0 Å². The topological polar surface area (TPSA) is 73.8 Å². The summed E-state index contributed by atoms with van der Waals surface area (Å²) in [5, 5.41) is 8.09. The van der Waals surface area contributed by atoms with Gasteiger partial charge in [0.25, 0.3) is 0 Å². The summed E-state index contributed by atoms with van der Waals surface area (Å²) in [5.41, 5.74) is 1.24. The van der Waals surface area contributed by atoms with Crippen molar-refractivity contribution in [3.8, 4) is 11.5 Å². The summed E-state index contributed by atoms with van der Waals surface area (Å²) >= 11 is 0. The van der Waals surface area contributed by atoms with E-state index in [4.69, 9.17) is 4.52 Å². The summed E-state index contributed by atoms with van der Waals surface area (Å²) in [6, 6.07) is 10.9. The van der Waals surface area contributed by atoms with Crippen molar-refractivity contribution in [1.82, 2.24) is 19.9 Å². The largest absolute Gasteiger partial charge is 0.338 e. The van der Waals surface area contributed by atoms with Crippen molar-refractivity contribution < 1.29 is 9.32 Å². The second kappa shape index (κ2) is 5.32. The van der Waals surface area contributed by atoms with Gasteiger partial charge in [0.05, 0.1) is 5.92 Å². The van der Waals surface area contributed by atoms with Crippen LogP contribution >= 0.6 is 0 Å². The third-order valence-corrected chi connectivity index (χ3v) is 3.21. The van der Waals surface area contributed by atoms with E-state index >= 15 is 0 Å². The molecular weight excluding hydrogens is 268 g/mol. The van der Waals surface area contributed by atoms with Gasteiger partial charge in [0.1, 0.15) is 5.69 Å². The SMILES string of the molecule is CC(C(=O)c1ccccc1)c1nc(-c2ccn(C)n2)no1. The van der Waals surface area contributed by atoms with Crippen molar-refractivity contribution in [1.29, 1.82) is 0 Å². The van der Waals surface area contributed by atoms with Gasteiger partial charge in [-0.25, -0.2) is 0 Å². The van der Waals surface area contributed by atoms with Crippen LogP contribution in [0.2, 0.25) is 0 Å². The van der Waals surface area contributed by atoms with Crippen LogP contribution in [0.25, 0.3) is 11.5 Å². The predicted molar refractivity (Wildman–Crippen MR) is 75.7 cm³/mol. The Morgan fingerprint density at radius 2 is 2.00 bits per heavy atom. The minimum atomic E-state index is -0.489. The second-order valence-corrected chi connectivity index (χ2v) is 4.78. The lowest BCUT2D eigenvalue weighted by atomic mass is 9.99. The fourth-order valence-electron chi connectivity index (χ4n) is 2.01. The molecule has 106 valence electrons. The van der Waals surface area contributed by atoms with Gasteiger partial charge in [0.2, 0.25) is 11.7 Å². The lowest BCUT2D eigenvalue weighted by Gasteiger charge is -2.04. The van der Waals surface area contributed by atoms with E-state index in [9.17, 15) is 4.79 Å². The third kappa shape index (κ3) is 2.60. The number of Topliss-reactive ketones (excluding diaryl/α,β-unsaturated/α-hetero) is 1. The molecule has 0 N–H and O–H groups in total. The Hall–Kier alpha value is -2.76. The summed E-state index contributed by atoms with van der Waals surface area (Å²) in [4.78, 5) is 16.6. The average molecular weight is 282 g/mol. The van der Waals surface area contributed by atoms with Crippen molar-refractivity contribution in [2.75, 3.05) is 0 Å². The first-order valence-corrected chi connectivity index (χ1v) is 6.58. The number of rotatable bonds is 4. The first-order valence-electron chi connectivity index (χ1n) is 6.58. The van der Waals surface area contributed by atoms with Gasteiger partial charge in [-0.1, -0.05) is 35.5 Å². The van der Waals surface area contributed by atoms with E-state index in [2.05, 4.69) is 15.2 Å². The average Bonchev–Trinajstić information content (AvgIpc) is 3.15. The predicted octanol–water partition coefficient (Wildman–Crippen LogP) is 2.46. The van der Waals surface area contributed by atoms with E-state index in [-0.39, 0.29) is 5.78 Å². The van der Waals surface area contributed by atoms with Crippen LogP contribution in [-0.2, 0) is 7.05 Å². The quantitative estimate of drug-likeness (QED) is 0.687. The van der Waals surface area contributed by atoms with Gasteiger partial charge >= 0.3 is 0 Å². The number of hydrogen-bond donors (Lipinski definition) is 0. The van der Waals surface area contributed by atoms with E-state index in [1.165, 1.54) is 0 Å². The Morgan fingerprint density at radius 1 is 1.24 bits per heavy atom.